The smallest absolute Gasteiger partial charge is 0.251 e. The zero-order valence-corrected chi connectivity index (χ0v) is 16.6. The van der Waals surface area contributed by atoms with Crippen LogP contribution < -0.4 is 15.4 Å². The maximum atomic E-state index is 12.6. The Morgan fingerprint density at radius 1 is 0.966 bits per heavy atom. The van der Waals surface area contributed by atoms with Crippen molar-refractivity contribution in [1.29, 1.82) is 0 Å². The van der Waals surface area contributed by atoms with E-state index in [0.29, 0.717) is 16.9 Å². The molecule has 1 saturated carbocycles. The number of carbonyl (C=O) groups excluding carboxylic acids is 2. The first kappa shape index (κ1) is 19.1. The van der Waals surface area contributed by atoms with Gasteiger partial charge >= 0.3 is 0 Å². The second-order valence-electron chi connectivity index (χ2n) is 7.62. The molecule has 1 heterocycles. The van der Waals surface area contributed by atoms with Crippen LogP contribution in [0.1, 0.15) is 45.5 Å². The van der Waals surface area contributed by atoms with E-state index >= 15 is 0 Å². The Morgan fingerprint density at radius 2 is 1.62 bits per heavy atom. The zero-order valence-electron chi connectivity index (χ0n) is 16.6. The molecule has 0 saturated heterocycles. The van der Waals surface area contributed by atoms with Gasteiger partial charge in [-0.3, -0.25) is 9.59 Å². The minimum absolute atomic E-state index is 0.0472. The van der Waals surface area contributed by atoms with Crippen LogP contribution in [0.25, 0.3) is 10.9 Å². The van der Waals surface area contributed by atoms with Crippen molar-refractivity contribution in [3.63, 3.8) is 0 Å². The quantitative estimate of drug-likeness (QED) is 0.622. The summed E-state index contributed by atoms with van der Waals surface area (Å²) in [5.74, 6) is 0.507. The Balaban J connectivity index is 1.34. The minimum Gasteiger partial charge on any atom is -0.496 e. The number of methoxy groups -OCH3 is 1. The summed E-state index contributed by atoms with van der Waals surface area (Å²) in [6, 6.07) is 13.2. The molecule has 2 atom stereocenters. The van der Waals surface area contributed by atoms with E-state index in [1.54, 1.807) is 19.2 Å². The molecule has 0 aliphatic heterocycles. The SMILES string of the molecule is COc1cc(C(=O)N[C@H]2CC[C@@H](NC(=O)c3ccc4cc[nH]c4c3)C2)ccc1C. The Bertz CT molecular complexity index is 1060. The highest BCUT2D eigenvalue weighted by molar-refractivity contribution is 5.98. The van der Waals surface area contributed by atoms with Crippen LogP contribution in [0.4, 0.5) is 0 Å². The van der Waals surface area contributed by atoms with Gasteiger partial charge in [0.25, 0.3) is 11.8 Å². The number of carbonyl (C=O) groups is 2. The van der Waals surface area contributed by atoms with Gasteiger partial charge in [0.15, 0.2) is 0 Å². The molecule has 0 bridgehead atoms. The summed E-state index contributed by atoms with van der Waals surface area (Å²) in [5.41, 5.74) is 3.16. The largest absolute Gasteiger partial charge is 0.496 e. The number of aromatic amines is 1. The number of H-pyrrole nitrogens is 1. The van der Waals surface area contributed by atoms with E-state index in [1.165, 1.54) is 0 Å². The van der Waals surface area contributed by atoms with Crippen LogP contribution in [0, 0.1) is 6.92 Å². The molecule has 1 aliphatic carbocycles. The minimum atomic E-state index is -0.113. The first-order chi connectivity index (χ1) is 14.0. The molecule has 2 amide bonds. The first-order valence-corrected chi connectivity index (χ1v) is 9.87. The van der Waals surface area contributed by atoms with Crippen molar-refractivity contribution in [2.24, 2.45) is 0 Å². The van der Waals surface area contributed by atoms with Crippen LogP contribution in [0.2, 0.25) is 0 Å². The van der Waals surface area contributed by atoms with E-state index in [4.69, 9.17) is 4.74 Å². The number of aryl methyl sites for hydroxylation is 1. The van der Waals surface area contributed by atoms with Gasteiger partial charge in [0.1, 0.15) is 5.75 Å². The summed E-state index contributed by atoms with van der Waals surface area (Å²) in [6.45, 7) is 1.94. The predicted octanol–water partition coefficient (Wildman–Crippen LogP) is 3.57. The molecule has 29 heavy (non-hydrogen) atoms. The molecule has 150 valence electrons. The van der Waals surface area contributed by atoms with Crippen molar-refractivity contribution in [3.8, 4) is 5.75 Å². The number of aromatic nitrogens is 1. The van der Waals surface area contributed by atoms with Crippen molar-refractivity contribution in [2.75, 3.05) is 7.11 Å². The van der Waals surface area contributed by atoms with Crippen LogP contribution in [0.3, 0.4) is 0 Å². The van der Waals surface area contributed by atoms with Crippen molar-refractivity contribution in [2.45, 2.75) is 38.3 Å². The molecular formula is C23H25N3O3. The normalized spacial score (nSPS) is 18.6. The molecule has 0 unspecified atom stereocenters. The molecule has 6 nitrogen and oxygen atoms in total. The fourth-order valence-electron chi connectivity index (χ4n) is 3.93. The van der Waals surface area contributed by atoms with Crippen LogP contribution in [0.5, 0.6) is 5.75 Å². The van der Waals surface area contributed by atoms with Crippen LogP contribution in [-0.4, -0.2) is 36.0 Å². The molecule has 3 aromatic rings. The molecule has 1 fully saturated rings. The zero-order chi connectivity index (χ0) is 20.4. The van der Waals surface area contributed by atoms with Gasteiger partial charge in [-0.25, -0.2) is 0 Å². The second kappa shape index (κ2) is 7.99. The molecule has 2 aromatic carbocycles. The molecule has 0 spiro atoms. The highest BCUT2D eigenvalue weighted by Crippen LogP contribution is 2.23. The number of benzene rings is 2. The average Bonchev–Trinajstić information content (AvgIpc) is 3.36. The predicted molar refractivity (Wildman–Crippen MR) is 112 cm³/mol. The maximum absolute atomic E-state index is 12.6. The number of amides is 2. The molecular weight excluding hydrogens is 366 g/mol. The number of nitrogens with one attached hydrogen (secondary N) is 3. The number of hydrogen-bond acceptors (Lipinski definition) is 3. The Kier molecular flexibility index (Phi) is 5.25. The van der Waals surface area contributed by atoms with E-state index in [2.05, 4.69) is 15.6 Å². The average molecular weight is 391 g/mol. The van der Waals surface area contributed by atoms with Crippen LogP contribution in [-0.2, 0) is 0 Å². The third kappa shape index (κ3) is 4.11. The van der Waals surface area contributed by atoms with Gasteiger partial charge in [-0.05, 0) is 67.5 Å². The number of hydrogen-bond donors (Lipinski definition) is 3. The fraction of sp³-hybridized carbons (Fsp3) is 0.304. The molecule has 1 aromatic heterocycles. The van der Waals surface area contributed by atoms with Gasteiger partial charge in [-0.15, -0.1) is 0 Å². The highest BCUT2D eigenvalue weighted by atomic mass is 16.5. The highest BCUT2D eigenvalue weighted by Gasteiger charge is 2.27. The lowest BCUT2D eigenvalue weighted by atomic mass is 10.1. The Hall–Kier alpha value is -3.28. The van der Waals surface area contributed by atoms with Gasteiger partial charge in [0.05, 0.1) is 7.11 Å². The summed E-state index contributed by atoms with van der Waals surface area (Å²) < 4.78 is 5.30. The number of rotatable bonds is 5. The van der Waals surface area contributed by atoms with Crippen molar-refractivity contribution < 1.29 is 14.3 Å². The lowest BCUT2D eigenvalue weighted by Crippen LogP contribution is -2.37. The molecule has 6 heteroatoms. The molecule has 4 rings (SSSR count). The Labute approximate surface area is 169 Å². The lowest BCUT2D eigenvalue weighted by molar-refractivity contribution is 0.0936. The number of fused-ring (bicyclic) bond motifs is 1. The molecule has 1 aliphatic rings. The lowest BCUT2D eigenvalue weighted by Gasteiger charge is -2.15. The van der Waals surface area contributed by atoms with Crippen molar-refractivity contribution >= 4 is 22.7 Å². The maximum Gasteiger partial charge on any atom is 0.251 e. The summed E-state index contributed by atoms with van der Waals surface area (Å²) in [5, 5.41) is 7.26. The summed E-state index contributed by atoms with van der Waals surface area (Å²) in [6.07, 6.45) is 4.28. The fourth-order valence-corrected chi connectivity index (χ4v) is 3.93. The van der Waals surface area contributed by atoms with E-state index in [-0.39, 0.29) is 23.9 Å². The Morgan fingerprint density at radius 3 is 2.31 bits per heavy atom. The summed E-state index contributed by atoms with van der Waals surface area (Å²) in [7, 11) is 1.60. The van der Waals surface area contributed by atoms with Crippen LogP contribution in [0.15, 0.2) is 48.7 Å². The van der Waals surface area contributed by atoms with Gasteiger partial charge in [0.2, 0.25) is 0 Å². The third-order valence-corrected chi connectivity index (χ3v) is 5.59. The van der Waals surface area contributed by atoms with E-state index < -0.39 is 0 Å². The van der Waals surface area contributed by atoms with Crippen molar-refractivity contribution in [1.82, 2.24) is 15.6 Å². The second-order valence-corrected chi connectivity index (χ2v) is 7.62. The first-order valence-electron chi connectivity index (χ1n) is 9.87. The van der Waals surface area contributed by atoms with Gasteiger partial charge in [-0.1, -0.05) is 12.1 Å². The molecule has 0 radical (unpaired) electrons. The third-order valence-electron chi connectivity index (χ3n) is 5.59. The topological polar surface area (TPSA) is 83.2 Å². The standard InChI is InChI=1S/C23H25N3O3/c1-14-3-4-17(12-21(14)29-2)23(28)26-19-8-7-18(13-19)25-22(27)16-6-5-15-9-10-24-20(15)11-16/h3-6,9-12,18-19,24H,7-8,13H2,1-2H3,(H,25,27)(H,26,28)/t18-,19+/m1/s1. The summed E-state index contributed by atoms with van der Waals surface area (Å²) in [4.78, 5) is 28.3. The number of ether oxygens (including phenoxy) is 1. The van der Waals surface area contributed by atoms with Gasteiger partial charge < -0.3 is 20.4 Å². The van der Waals surface area contributed by atoms with E-state index in [0.717, 1.165) is 35.7 Å². The van der Waals surface area contributed by atoms with Crippen molar-refractivity contribution in [3.05, 3.63) is 65.4 Å². The van der Waals surface area contributed by atoms with E-state index in [9.17, 15) is 9.59 Å². The van der Waals surface area contributed by atoms with E-state index in [1.807, 2.05) is 43.5 Å². The summed E-state index contributed by atoms with van der Waals surface area (Å²) >= 11 is 0. The van der Waals surface area contributed by atoms with Gasteiger partial charge in [-0.2, -0.15) is 0 Å². The van der Waals surface area contributed by atoms with Crippen LogP contribution >= 0.6 is 0 Å². The molecule has 3 N–H and O–H groups in total. The van der Waals surface area contributed by atoms with Gasteiger partial charge in [0, 0.05) is 34.9 Å². The monoisotopic (exact) mass is 391 g/mol.